The zero-order valence-corrected chi connectivity index (χ0v) is 21.7. The second kappa shape index (κ2) is 12.0. The first-order valence-corrected chi connectivity index (χ1v) is 12.8. The number of anilines is 2. The van der Waals surface area contributed by atoms with Gasteiger partial charge in [0.05, 0.1) is 18.8 Å². The van der Waals surface area contributed by atoms with E-state index in [-0.39, 0.29) is 5.69 Å². The smallest absolute Gasteiger partial charge is 0.378 e. The van der Waals surface area contributed by atoms with Crippen LogP contribution in [0.4, 0.5) is 24.7 Å². The minimum atomic E-state index is -4.45. The van der Waals surface area contributed by atoms with Gasteiger partial charge in [-0.1, -0.05) is 36.4 Å². The van der Waals surface area contributed by atoms with Crippen molar-refractivity contribution >= 4 is 33.8 Å². The Labute approximate surface area is 234 Å². The highest BCUT2D eigenvalue weighted by molar-refractivity contribution is 6.07. The fourth-order valence-electron chi connectivity index (χ4n) is 4.53. The summed E-state index contributed by atoms with van der Waals surface area (Å²) in [5, 5.41) is 13.4. The van der Waals surface area contributed by atoms with E-state index in [9.17, 15) is 23.2 Å². The van der Waals surface area contributed by atoms with E-state index < -0.39 is 17.6 Å². The highest BCUT2D eigenvalue weighted by Gasteiger charge is 2.30. The number of hydrogen-bond acceptors (Lipinski definition) is 6. The largest absolute Gasteiger partial charge is 0.416 e. The van der Waals surface area contributed by atoms with Gasteiger partial charge in [0.1, 0.15) is 17.6 Å². The fourth-order valence-corrected chi connectivity index (χ4v) is 4.53. The molecule has 1 fully saturated rings. The summed E-state index contributed by atoms with van der Waals surface area (Å²) in [6, 6.07) is 17.5. The number of hydrogen-bond donors (Lipinski definition) is 1. The van der Waals surface area contributed by atoms with Crippen molar-refractivity contribution in [3.63, 3.8) is 0 Å². The van der Waals surface area contributed by atoms with Crippen LogP contribution < -0.4 is 10.2 Å². The SMILES string of the molecule is N#Cc1nccc2c(NC(=O)/C=C/C=C(\c3ccc(C(F)(F)F)cc3)c3ccc(N4CCOCC4)nc3)cccc12. The van der Waals surface area contributed by atoms with E-state index >= 15 is 0 Å². The Morgan fingerprint density at radius 3 is 2.41 bits per heavy atom. The summed E-state index contributed by atoms with van der Waals surface area (Å²) >= 11 is 0. The van der Waals surface area contributed by atoms with Gasteiger partial charge in [0.2, 0.25) is 5.91 Å². The molecule has 0 saturated carbocycles. The van der Waals surface area contributed by atoms with Crippen molar-refractivity contribution in [2.24, 2.45) is 0 Å². The van der Waals surface area contributed by atoms with Gasteiger partial charge in [-0.2, -0.15) is 18.4 Å². The molecule has 0 radical (unpaired) electrons. The van der Waals surface area contributed by atoms with Crippen molar-refractivity contribution in [3.8, 4) is 6.07 Å². The number of rotatable bonds is 6. The van der Waals surface area contributed by atoms with E-state index in [1.54, 1.807) is 36.5 Å². The molecule has 0 spiro atoms. The Bertz CT molecular complexity index is 1650. The monoisotopic (exact) mass is 555 g/mol. The summed E-state index contributed by atoms with van der Waals surface area (Å²) in [7, 11) is 0. The zero-order chi connectivity index (χ0) is 28.8. The number of aromatic nitrogens is 2. The van der Waals surface area contributed by atoms with Crippen molar-refractivity contribution in [3.05, 3.63) is 114 Å². The van der Waals surface area contributed by atoms with Gasteiger partial charge in [-0.15, -0.1) is 0 Å². The van der Waals surface area contributed by atoms with E-state index in [0.29, 0.717) is 46.4 Å². The number of nitrogens with one attached hydrogen (secondary N) is 1. The minimum absolute atomic E-state index is 0.256. The number of allylic oxidation sites excluding steroid dienone is 2. The first-order valence-electron chi connectivity index (χ1n) is 12.8. The van der Waals surface area contributed by atoms with E-state index in [2.05, 4.69) is 20.2 Å². The molecule has 1 N–H and O–H groups in total. The second-order valence-electron chi connectivity index (χ2n) is 9.18. The Kier molecular flexibility index (Phi) is 8.08. The van der Waals surface area contributed by atoms with Crippen LogP contribution in [0.3, 0.4) is 0 Å². The lowest BCUT2D eigenvalue weighted by Gasteiger charge is -2.27. The van der Waals surface area contributed by atoms with Crippen LogP contribution in [0.5, 0.6) is 0 Å². The molecule has 2 aromatic carbocycles. The molecule has 0 aliphatic carbocycles. The quantitative estimate of drug-likeness (QED) is 0.232. The van der Waals surface area contributed by atoms with Crippen molar-refractivity contribution in [2.45, 2.75) is 6.18 Å². The van der Waals surface area contributed by atoms with E-state index in [4.69, 9.17) is 4.74 Å². The van der Waals surface area contributed by atoms with E-state index in [1.807, 2.05) is 18.2 Å². The van der Waals surface area contributed by atoms with Gasteiger partial charge in [-0.05, 0) is 47.5 Å². The first kappa shape index (κ1) is 27.6. The molecule has 41 heavy (non-hydrogen) atoms. The molecule has 7 nitrogen and oxygen atoms in total. The van der Waals surface area contributed by atoms with Crippen LogP contribution in [0.2, 0.25) is 0 Å². The molecule has 1 saturated heterocycles. The lowest BCUT2D eigenvalue weighted by molar-refractivity contribution is -0.137. The second-order valence-corrected chi connectivity index (χ2v) is 9.18. The third-order valence-corrected chi connectivity index (χ3v) is 6.60. The maximum Gasteiger partial charge on any atom is 0.416 e. The Morgan fingerprint density at radius 2 is 1.73 bits per heavy atom. The molecule has 0 unspecified atom stereocenters. The number of nitrogens with zero attached hydrogens (tertiary/aromatic N) is 4. The van der Waals surface area contributed by atoms with Crippen molar-refractivity contribution in [2.75, 3.05) is 36.5 Å². The van der Waals surface area contributed by atoms with Gasteiger partial charge in [0, 0.05) is 53.6 Å². The van der Waals surface area contributed by atoms with Gasteiger partial charge in [-0.3, -0.25) is 4.79 Å². The van der Waals surface area contributed by atoms with Crippen molar-refractivity contribution < 1.29 is 22.7 Å². The number of halogens is 3. The molecule has 10 heteroatoms. The molecule has 0 bridgehead atoms. The summed E-state index contributed by atoms with van der Waals surface area (Å²) in [5.41, 5.74) is 1.84. The third-order valence-electron chi connectivity index (χ3n) is 6.60. The molecular weight excluding hydrogens is 531 g/mol. The van der Waals surface area contributed by atoms with Crippen LogP contribution in [0.1, 0.15) is 22.4 Å². The lowest BCUT2D eigenvalue weighted by atomic mass is 9.97. The zero-order valence-electron chi connectivity index (χ0n) is 21.7. The summed E-state index contributed by atoms with van der Waals surface area (Å²) in [5.74, 6) is 0.361. The van der Waals surface area contributed by atoms with Crippen molar-refractivity contribution in [1.82, 2.24) is 9.97 Å². The third kappa shape index (κ3) is 6.42. The molecule has 1 aliphatic heterocycles. The first-order chi connectivity index (χ1) is 19.8. The van der Waals surface area contributed by atoms with Crippen LogP contribution >= 0.6 is 0 Å². The van der Waals surface area contributed by atoms with E-state index in [1.165, 1.54) is 30.5 Å². The summed E-state index contributed by atoms with van der Waals surface area (Å²) in [6.07, 6.45) is 3.24. The van der Waals surface area contributed by atoms with Gasteiger partial charge in [0.15, 0.2) is 0 Å². The van der Waals surface area contributed by atoms with Crippen molar-refractivity contribution in [1.29, 1.82) is 5.26 Å². The maximum atomic E-state index is 13.2. The normalized spacial score (nSPS) is 14.3. The molecule has 5 rings (SSSR count). The van der Waals surface area contributed by atoms with Gasteiger partial charge < -0.3 is 15.0 Å². The molecule has 1 amide bonds. The predicted molar refractivity (Wildman–Crippen MR) is 150 cm³/mol. The number of alkyl halides is 3. The number of fused-ring (bicyclic) bond motifs is 1. The maximum absolute atomic E-state index is 13.2. The summed E-state index contributed by atoms with van der Waals surface area (Å²) < 4.78 is 44.9. The van der Waals surface area contributed by atoms with Crippen LogP contribution in [0, 0.1) is 11.3 Å². The van der Waals surface area contributed by atoms with Crippen LogP contribution in [0.15, 0.2) is 91.3 Å². The predicted octanol–water partition coefficient (Wildman–Crippen LogP) is 5.98. The summed E-state index contributed by atoms with van der Waals surface area (Å²) in [6.45, 7) is 2.66. The van der Waals surface area contributed by atoms with Gasteiger partial charge in [-0.25, -0.2) is 9.97 Å². The highest BCUT2D eigenvalue weighted by Crippen LogP contribution is 2.32. The van der Waals surface area contributed by atoms with E-state index in [0.717, 1.165) is 31.0 Å². The molecule has 0 atom stereocenters. The number of carbonyl (C=O) groups is 1. The Morgan fingerprint density at radius 1 is 0.976 bits per heavy atom. The number of carbonyl (C=O) groups excluding carboxylic acids is 1. The number of nitriles is 1. The van der Waals surface area contributed by atoms with Crippen LogP contribution in [-0.4, -0.2) is 42.2 Å². The minimum Gasteiger partial charge on any atom is -0.378 e. The average molecular weight is 556 g/mol. The van der Waals surface area contributed by atoms with Gasteiger partial charge >= 0.3 is 6.18 Å². The number of morpholine rings is 1. The van der Waals surface area contributed by atoms with Gasteiger partial charge in [0.25, 0.3) is 0 Å². The molecular formula is C31H24F3N5O2. The standard InChI is InChI=1S/C31H24F3N5O2/c32-31(33,34)23-10-7-21(8-11-23)24(22-9-12-29(37-20-22)39-15-17-41-18-16-39)3-2-6-30(40)38-27-5-1-4-25-26(27)13-14-36-28(25)19-35/h1-14,20H,15-18H2,(H,38,40)/b6-2+,24-3+. The highest BCUT2D eigenvalue weighted by atomic mass is 19.4. The number of amides is 1. The molecule has 4 aromatic rings. The van der Waals surface area contributed by atoms with Crippen LogP contribution in [0.25, 0.3) is 16.3 Å². The number of benzene rings is 2. The number of ether oxygens (including phenoxy) is 1. The number of pyridine rings is 2. The molecule has 206 valence electrons. The topological polar surface area (TPSA) is 91.1 Å². The molecule has 3 heterocycles. The Hall–Kier alpha value is -5.01. The fraction of sp³-hybridized carbons (Fsp3) is 0.161. The lowest BCUT2D eigenvalue weighted by Crippen LogP contribution is -2.36. The van der Waals surface area contributed by atoms with Crippen LogP contribution in [-0.2, 0) is 15.7 Å². The average Bonchev–Trinajstić information content (AvgIpc) is 2.99. The molecule has 1 aliphatic rings. The summed E-state index contributed by atoms with van der Waals surface area (Å²) in [4.78, 5) is 23.5. The Balaban J connectivity index is 1.42. The molecule has 2 aromatic heterocycles.